The lowest BCUT2D eigenvalue weighted by atomic mass is 9.94. The van der Waals surface area contributed by atoms with E-state index in [4.69, 9.17) is 0 Å². The van der Waals surface area contributed by atoms with E-state index in [1.54, 1.807) is 32.0 Å². The minimum atomic E-state index is -4.40. The van der Waals surface area contributed by atoms with E-state index in [2.05, 4.69) is 9.72 Å². The molecule has 152 valence electrons. The van der Waals surface area contributed by atoms with Gasteiger partial charge in [-0.15, -0.1) is 0 Å². The number of ketones is 1. The fourth-order valence-corrected chi connectivity index (χ4v) is 2.71. The molecule has 1 heterocycles. The lowest BCUT2D eigenvalue weighted by Crippen LogP contribution is -2.19. The Morgan fingerprint density at radius 2 is 1.79 bits per heavy atom. The van der Waals surface area contributed by atoms with Crippen LogP contribution < -0.4 is 4.74 Å². The lowest BCUT2D eigenvalue weighted by molar-refractivity contribution is -0.153. The van der Waals surface area contributed by atoms with Crippen molar-refractivity contribution in [1.29, 1.82) is 0 Å². The number of rotatable bonds is 8. The fraction of sp³-hybridized carbons (Fsp3) is 0.429. The van der Waals surface area contributed by atoms with Crippen LogP contribution in [-0.4, -0.2) is 28.7 Å². The average molecular weight is 395 g/mol. The minimum Gasteiger partial charge on any atom is -0.483 e. The normalized spacial score (nSPS) is 13.2. The molecule has 0 aliphatic rings. The number of carbonyl (C=O) groups excluding carboxylic acids is 1. The number of ether oxygens (including phenoxy) is 1. The molecule has 0 fully saturated rings. The van der Waals surface area contributed by atoms with Gasteiger partial charge in [-0.25, -0.2) is 0 Å². The molecule has 2 rings (SSSR count). The van der Waals surface area contributed by atoms with E-state index < -0.39 is 18.4 Å². The van der Waals surface area contributed by atoms with Gasteiger partial charge in [0.05, 0.1) is 11.8 Å². The Morgan fingerprint density at radius 3 is 2.29 bits per heavy atom. The van der Waals surface area contributed by atoms with Crippen molar-refractivity contribution in [2.24, 2.45) is 0 Å². The predicted octanol–water partition coefficient (Wildman–Crippen LogP) is 4.56. The number of Topliss-reactive ketones (excluding diaryl/α,β-unsaturated/α-hetero) is 1. The summed E-state index contributed by atoms with van der Waals surface area (Å²) in [5, 5.41) is 9.96. The summed E-state index contributed by atoms with van der Waals surface area (Å²) in [5.74, 6) is -0.103. The summed E-state index contributed by atoms with van der Waals surface area (Å²) in [6, 6.07) is 10.2. The molecule has 4 nitrogen and oxygen atoms in total. The Hall–Kier alpha value is -2.41. The highest BCUT2D eigenvalue weighted by atomic mass is 19.4. The molecule has 0 bridgehead atoms. The third kappa shape index (κ3) is 6.96. The molecule has 7 heteroatoms. The molecule has 1 N–H and O–H groups in total. The van der Waals surface area contributed by atoms with Crippen LogP contribution in [0.15, 0.2) is 42.6 Å². The summed E-state index contributed by atoms with van der Waals surface area (Å²) in [6.07, 6.45) is -2.63. The van der Waals surface area contributed by atoms with Gasteiger partial charge in [-0.05, 0) is 37.1 Å². The summed E-state index contributed by atoms with van der Waals surface area (Å²) in [4.78, 5) is 16.4. The van der Waals surface area contributed by atoms with Gasteiger partial charge in [-0.1, -0.05) is 31.2 Å². The van der Waals surface area contributed by atoms with Gasteiger partial charge in [0, 0.05) is 24.5 Å². The van der Waals surface area contributed by atoms with Gasteiger partial charge in [0.25, 0.3) is 0 Å². The number of aliphatic hydroxyl groups is 1. The first-order chi connectivity index (χ1) is 12.9. The van der Waals surface area contributed by atoms with Gasteiger partial charge in [0.15, 0.2) is 6.61 Å². The first-order valence-electron chi connectivity index (χ1n) is 8.93. The van der Waals surface area contributed by atoms with Crippen LogP contribution in [0.25, 0.3) is 0 Å². The monoisotopic (exact) mass is 395 g/mol. The van der Waals surface area contributed by atoms with Crippen molar-refractivity contribution in [3.8, 4) is 5.75 Å². The summed E-state index contributed by atoms with van der Waals surface area (Å²) >= 11 is 0. The Labute approximate surface area is 162 Å². The third-order valence-corrected chi connectivity index (χ3v) is 4.26. The third-order valence-electron chi connectivity index (χ3n) is 4.26. The summed E-state index contributed by atoms with van der Waals surface area (Å²) in [6.45, 7) is 3.87. The second-order valence-corrected chi connectivity index (χ2v) is 7.40. The number of hydrogen-bond acceptors (Lipinski definition) is 4. The molecule has 0 aliphatic heterocycles. The van der Waals surface area contributed by atoms with Crippen molar-refractivity contribution < 1.29 is 27.8 Å². The molecule has 0 saturated carbocycles. The zero-order valence-corrected chi connectivity index (χ0v) is 16.1. The number of halogens is 3. The van der Waals surface area contributed by atoms with E-state index >= 15 is 0 Å². The quantitative estimate of drug-likeness (QED) is 0.712. The van der Waals surface area contributed by atoms with E-state index in [9.17, 15) is 23.1 Å². The van der Waals surface area contributed by atoms with Crippen LogP contribution in [0.4, 0.5) is 13.2 Å². The van der Waals surface area contributed by atoms with Crippen LogP contribution in [0, 0.1) is 0 Å². The molecule has 2 aromatic rings. The Bertz CT molecular complexity index is 779. The van der Waals surface area contributed by atoms with Crippen LogP contribution in [-0.2, 0) is 16.8 Å². The van der Waals surface area contributed by atoms with Crippen molar-refractivity contribution in [2.45, 2.75) is 51.3 Å². The van der Waals surface area contributed by atoms with Gasteiger partial charge >= 0.3 is 6.18 Å². The molecule has 0 aliphatic carbocycles. The molecule has 1 aromatic carbocycles. The molecular weight excluding hydrogens is 371 g/mol. The van der Waals surface area contributed by atoms with E-state index in [0.717, 1.165) is 11.1 Å². The number of benzene rings is 1. The zero-order chi connectivity index (χ0) is 20.9. The molecule has 0 unspecified atom stereocenters. The maximum absolute atomic E-state index is 12.3. The van der Waals surface area contributed by atoms with Crippen LogP contribution >= 0.6 is 0 Å². The molecule has 28 heavy (non-hydrogen) atoms. The van der Waals surface area contributed by atoms with Gasteiger partial charge in [0.2, 0.25) is 0 Å². The van der Waals surface area contributed by atoms with E-state index in [1.807, 2.05) is 19.1 Å². The van der Waals surface area contributed by atoms with Crippen molar-refractivity contribution in [2.75, 3.05) is 6.61 Å². The Morgan fingerprint density at radius 1 is 1.14 bits per heavy atom. The smallest absolute Gasteiger partial charge is 0.422 e. The average Bonchev–Trinajstić information content (AvgIpc) is 2.59. The van der Waals surface area contributed by atoms with E-state index in [0.29, 0.717) is 5.69 Å². The topological polar surface area (TPSA) is 59.4 Å². The zero-order valence-electron chi connectivity index (χ0n) is 16.1. The molecule has 0 saturated heterocycles. The van der Waals surface area contributed by atoms with Gasteiger partial charge in [-0.3, -0.25) is 9.78 Å². The van der Waals surface area contributed by atoms with Crippen LogP contribution in [0.3, 0.4) is 0 Å². The number of hydrogen-bond donors (Lipinski definition) is 1. The van der Waals surface area contributed by atoms with Crippen molar-refractivity contribution in [3.63, 3.8) is 0 Å². The highest BCUT2D eigenvalue weighted by molar-refractivity contribution is 5.81. The largest absolute Gasteiger partial charge is 0.483 e. The number of carbonyl (C=O) groups is 1. The number of nitrogens with zero attached hydrogens (tertiary/aromatic N) is 1. The number of pyridine rings is 1. The maximum atomic E-state index is 12.3. The molecule has 1 aromatic heterocycles. The summed E-state index contributed by atoms with van der Waals surface area (Å²) in [5.41, 5.74) is 1.31. The van der Waals surface area contributed by atoms with E-state index in [-0.39, 0.29) is 30.3 Å². The highest BCUT2D eigenvalue weighted by Gasteiger charge is 2.28. The molecule has 1 atom stereocenters. The molecule has 0 radical (unpaired) electrons. The summed E-state index contributed by atoms with van der Waals surface area (Å²) < 4.78 is 41.1. The van der Waals surface area contributed by atoms with Crippen molar-refractivity contribution >= 4 is 5.78 Å². The number of alkyl halides is 3. The highest BCUT2D eigenvalue weighted by Crippen LogP contribution is 2.23. The van der Waals surface area contributed by atoms with Crippen LogP contribution in [0.2, 0.25) is 0 Å². The van der Waals surface area contributed by atoms with E-state index in [1.165, 1.54) is 12.3 Å². The fourth-order valence-electron chi connectivity index (χ4n) is 2.71. The van der Waals surface area contributed by atoms with Crippen LogP contribution in [0.1, 0.15) is 49.9 Å². The lowest BCUT2D eigenvalue weighted by Gasteiger charge is -2.18. The Kier molecular flexibility index (Phi) is 6.82. The second-order valence-electron chi connectivity index (χ2n) is 7.40. The van der Waals surface area contributed by atoms with Gasteiger partial charge < -0.3 is 9.84 Å². The standard InChI is InChI=1S/C21H24F3NO3/c1-14(19-9-8-18(12-25-19)28-13-21(22,23)24)10-17(26)11-15-4-6-16(7-5-15)20(2,3)27/h4-9,12,14,27H,10-11,13H2,1-3H3/t14-/m0/s1. The van der Waals surface area contributed by atoms with Crippen LogP contribution in [0.5, 0.6) is 5.75 Å². The molecule has 0 amide bonds. The Balaban J connectivity index is 1.89. The second kappa shape index (κ2) is 8.73. The number of aromatic nitrogens is 1. The first-order valence-corrected chi connectivity index (χ1v) is 8.93. The predicted molar refractivity (Wildman–Crippen MR) is 99.2 cm³/mol. The minimum absolute atomic E-state index is 0.0303. The van der Waals surface area contributed by atoms with Crippen molar-refractivity contribution in [3.05, 3.63) is 59.4 Å². The van der Waals surface area contributed by atoms with Gasteiger partial charge in [-0.2, -0.15) is 13.2 Å². The first kappa shape index (κ1) is 21.9. The van der Waals surface area contributed by atoms with Crippen molar-refractivity contribution in [1.82, 2.24) is 4.98 Å². The van der Waals surface area contributed by atoms with Gasteiger partial charge in [0.1, 0.15) is 11.5 Å². The molecular formula is C21H24F3NO3. The summed E-state index contributed by atoms with van der Waals surface area (Å²) in [7, 11) is 0. The molecule has 0 spiro atoms. The maximum Gasteiger partial charge on any atom is 0.422 e. The SMILES string of the molecule is C[C@@H](CC(=O)Cc1ccc(C(C)(C)O)cc1)c1ccc(OCC(F)(F)F)cn1.